The van der Waals surface area contributed by atoms with Gasteiger partial charge < -0.3 is 24.8 Å². The van der Waals surface area contributed by atoms with Gasteiger partial charge in [0, 0.05) is 17.0 Å². The molecule has 3 N–H and O–H groups in total. The molecule has 0 radical (unpaired) electrons. The van der Waals surface area contributed by atoms with E-state index in [2.05, 4.69) is 28.4 Å². The number of aryl methyl sites for hydroxylation is 3. The molecular weight excluding hydrogens is 406 g/mol. The quantitative estimate of drug-likeness (QED) is 0.476. The summed E-state index contributed by atoms with van der Waals surface area (Å²) in [6.07, 6.45) is 0.0751. The van der Waals surface area contributed by atoms with Crippen LogP contribution in [-0.2, 0) is 11.2 Å². The molecule has 1 atom stereocenters. The molecule has 0 unspecified atom stereocenters. The molecule has 0 aliphatic rings. The van der Waals surface area contributed by atoms with Gasteiger partial charge in [-0.2, -0.15) is 4.98 Å². The van der Waals surface area contributed by atoms with E-state index in [9.17, 15) is 9.90 Å². The summed E-state index contributed by atoms with van der Waals surface area (Å²) in [5.41, 5.74) is 2.55. The number of aromatic nitrogens is 2. The van der Waals surface area contributed by atoms with Crippen molar-refractivity contribution in [3.05, 3.63) is 40.3 Å². The number of hydrogen-bond donors (Lipinski definition) is 3. The zero-order valence-corrected chi connectivity index (χ0v) is 18.0. The van der Waals surface area contributed by atoms with Gasteiger partial charge in [0.15, 0.2) is 0 Å². The maximum absolute atomic E-state index is 11.0. The number of carbonyl (C=O) groups is 1. The monoisotopic (exact) mass is 431 g/mol. The maximum Gasteiger partial charge on any atom is 0.268 e. The molecule has 1 amide bonds. The molecule has 0 saturated heterocycles. The lowest BCUT2D eigenvalue weighted by Crippen LogP contribution is -2.36. The summed E-state index contributed by atoms with van der Waals surface area (Å²) in [4.78, 5) is 17.8. The predicted molar refractivity (Wildman–Crippen MR) is 113 cm³/mol. The normalized spacial score (nSPS) is 12.0. The summed E-state index contributed by atoms with van der Waals surface area (Å²) < 4.78 is 11.2. The van der Waals surface area contributed by atoms with Crippen LogP contribution in [0.4, 0.5) is 0 Å². The minimum absolute atomic E-state index is 0.00364. The minimum Gasteiger partial charge on any atom is -0.490 e. The molecule has 0 bridgehead atoms. The Morgan fingerprint density at radius 2 is 2.03 bits per heavy atom. The zero-order valence-electron chi connectivity index (χ0n) is 17.1. The molecule has 30 heavy (non-hydrogen) atoms. The highest BCUT2D eigenvalue weighted by atomic mass is 32.1. The fourth-order valence-corrected chi connectivity index (χ4v) is 3.83. The molecule has 9 heteroatoms. The standard InChI is InChI=1S/C21H25N3O5S/c1-4-16-5-6-17(30-16)21-23-20(24-29-21)14-7-12(2)19(13(3)8-14)28-11-15(26)9-22-18(27)10-25/h5-8,15,25-26H,4,9-11H2,1-3H3,(H,22,27)/t15-/m0/s1. The molecule has 0 aliphatic carbocycles. The van der Waals surface area contributed by atoms with Gasteiger partial charge in [-0.3, -0.25) is 4.79 Å². The Labute approximate surface area is 178 Å². The molecule has 3 aromatic rings. The van der Waals surface area contributed by atoms with Gasteiger partial charge in [-0.25, -0.2) is 0 Å². The average Bonchev–Trinajstić information content (AvgIpc) is 3.40. The molecule has 2 heterocycles. The number of aliphatic hydroxyl groups excluding tert-OH is 2. The third-order valence-electron chi connectivity index (χ3n) is 4.46. The molecule has 0 fully saturated rings. The van der Waals surface area contributed by atoms with Crippen LogP contribution in [0.15, 0.2) is 28.8 Å². The molecular formula is C21H25N3O5S. The Bertz CT molecular complexity index is 991. The Morgan fingerprint density at radius 1 is 1.30 bits per heavy atom. The van der Waals surface area contributed by atoms with E-state index < -0.39 is 18.6 Å². The highest BCUT2D eigenvalue weighted by Gasteiger charge is 2.16. The van der Waals surface area contributed by atoms with Crippen molar-refractivity contribution in [1.82, 2.24) is 15.5 Å². The molecule has 0 saturated carbocycles. The highest BCUT2D eigenvalue weighted by Crippen LogP contribution is 2.32. The first kappa shape index (κ1) is 21.9. The number of thiophene rings is 1. The number of amides is 1. The summed E-state index contributed by atoms with van der Waals surface area (Å²) in [5, 5.41) is 25.1. The van der Waals surface area contributed by atoms with Crippen molar-refractivity contribution < 1.29 is 24.3 Å². The van der Waals surface area contributed by atoms with Crippen LogP contribution >= 0.6 is 11.3 Å². The maximum atomic E-state index is 11.0. The van der Waals surface area contributed by atoms with Crippen molar-refractivity contribution in [2.24, 2.45) is 0 Å². The number of carbonyl (C=O) groups excluding carboxylic acids is 1. The largest absolute Gasteiger partial charge is 0.490 e. The van der Waals surface area contributed by atoms with E-state index >= 15 is 0 Å². The van der Waals surface area contributed by atoms with Crippen LogP contribution in [0, 0.1) is 13.8 Å². The number of benzene rings is 1. The van der Waals surface area contributed by atoms with E-state index in [1.807, 2.05) is 32.0 Å². The van der Waals surface area contributed by atoms with Gasteiger partial charge in [-0.05, 0) is 55.7 Å². The van der Waals surface area contributed by atoms with Crippen LogP contribution in [0.2, 0.25) is 0 Å². The van der Waals surface area contributed by atoms with Gasteiger partial charge in [-0.1, -0.05) is 12.1 Å². The fourth-order valence-electron chi connectivity index (χ4n) is 2.96. The van der Waals surface area contributed by atoms with Gasteiger partial charge in [-0.15, -0.1) is 11.3 Å². The second kappa shape index (κ2) is 9.84. The summed E-state index contributed by atoms with van der Waals surface area (Å²) in [5.74, 6) is 1.11. The molecule has 2 aromatic heterocycles. The number of aliphatic hydroxyl groups is 2. The lowest BCUT2D eigenvalue weighted by molar-refractivity contribution is -0.124. The SMILES string of the molecule is CCc1ccc(-c2nc(-c3cc(C)c(OC[C@@H](O)CNC(=O)CO)c(C)c3)no2)s1. The summed E-state index contributed by atoms with van der Waals surface area (Å²) in [6.45, 7) is 5.31. The third kappa shape index (κ3) is 5.24. The van der Waals surface area contributed by atoms with Crippen LogP contribution < -0.4 is 10.1 Å². The third-order valence-corrected chi connectivity index (χ3v) is 5.68. The topological polar surface area (TPSA) is 118 Å². The van der Waals surface area contributed by atoms with Crippen LogP contribution in [-0.4, -0.2) is 52.1 Å². The Balaban J connectivity index is 1.69. The zero-order chi connectivity index (χ0) is 21.7. The molecule has 0 aliphatic heterocycles. The molecule has 160 valence electrons. The Kier molecular flexibility index (Phi) is 7.20. The van der Waals surface area contributed by atoms with E-state index in [1.165, 1.54) is 4.88 Å². The van der Waals surface area contributed by atoms with Gasteiger partial charge in [0.2, 0.25) is 11.7 Å². The van der Waals surface area contributed by atoms with Crippen molar-refractivity contribution in [1.29, 1.82) is 0 Å². The lowest BCUT2D eigenvalue weighted by Gasteiger charge is -2.16. The first-order chi connectivity index (χ1) is 14.4. The summed E-state index contributed by atoms with van der Waals surface area (Å²) in [6, 6.07) is 7.86. The second-order valence-electron chi connectivity index (χ2n) is 6.91. The van der Waals surface area contributed by atoms with Crippen molar-refractivity contribution >= 4 is 17.2 Å². The van der Waals surface area contributed by atoms with Gasteiger partial charge >= 0.3 is 0 Å². The van der Waals surface area contributed by atoms with Gasteiger partial charge in [0.1, 0.15) is 25.1 Å². The number of hydrogen-bond acceptors (Lipinski definition) is 8. The number of rotatable bonds is 9. The number of ether oxygens (including phenoxy) is 1. The Hall–Kier alpha value is -2.75. The fraction of sp³-hybridized carbons (Fsp3) is 0.381. The second-order valence-corrected chi connectivity index (χ2v) is 8.08. The van der Waals surface area contributed by atoms with Crippen LogP contribution in [0.5, 0.6) is 5.75 Å². The van der Waals surface area contributed by atoms with E-state index in [0.717, 1.165) is 28.0 Å². The van der Waals surface area contributed by atoms with E-state index in [1.54, 1.807) is 11.3 Å². The van der Waals surface area contributed by atoms with Crippen molar-refractivity contribution in [2.75, 3.05) is 19.8 Å². The van der Waals surface area contributed by atoms with E-state index in [4.69, 9.17) is 14.4 Å². The minimum atomic E-state index is -0.891. The molecule has 0 spiro atoms. The number of nitrogens with one attached hydrogen (secondary N) is 1. The summed E-state index contributed by atoms with van der Waals surface area (Å²) in [7, 11) is 0. The Morgan fingerprint density at radius 3 is 2.67 bits per heavy atom. The van der Waals surface area contributed by atoms with Crippen LogP contribution in [0.25, 0.3) is 22.2 Å². The molecule has 1 aromatic carbocycles. The average molecular weight is 432 g/mol. The first-order valence-corrected chi connectivity index (χ1v) is 10.5. The van der Waals surface area contributed by atoms with Crippen LogP contribution in [0.3, 0.4) is 0 Å². The van der Waals surface area contributed by atoms with Crippen molar-refractivity contribution in [3.8, 4) is 27.9 Å². The molecule has 8 nitrogen and oxygen atoms in total. The number of nitrogens with zero attached hydrogens (tertiary/aromatic N) is 2. The van der Waals surface area contributed by atoms with Gasteiger partial charge in [0.05, 0.1) is 4.88 Å². The van der Waals surface area contributed by atoms with Crippen LogP contribution in [0.1, 0.15) is 22.9 Å². The van der Waals surface area contributed by atoms with Crippen molar-refractivity contribution in [3.63, 3.8) is 0 Å². The lowest BCUT2D eigenvalue weighted by atomic mass is 10.1. The van der Waals surface area contributed by atoms with Gasteiger partial charge in [0.25, 0.3) is 5.89 Å². The van der Waals surface area contributed by atoms with E-state index in [0.29, 0.717) is 17.5 Å². The highest BCUT2D eigenvalue weighted by molar-refractivity contribution is 7.15. The van der Waals surface area contributed by atoms with Crippen molar-refractivity contribution in [2.45, 2.75) is 33.3 Å². The summed E-state index contributed by atoms with van der Waals surface area (Å²) >= 11 is 1.64. The predicted octanol–water partition coefficient (Wildman–Crippen LogP) is 2.49. The smallest absolute Gasteiger partial charge is 0.268 e. The van der Waals surface area contributed by atoms with E-state index in [-0.39, 0.29) is 13.2 Å². The first-order valence-electron chi connectivity index (χ1n) is 9.64. The molecule has 3 rings (SSSR count).